The van der Waals surface area contributed by atoms with Crippen LogP contribution in [0.25, 0.3) is 0 Å². The molecule has 0 fully saturated rings. The molecule has 4 rings (SSSR count). The summed E-state index contributed by atoms with van der Waals surface area (Å²) < 4.78 is 32.3. The van der Waals surface area contributed by atoms with Crippen LogP contribution in [0.5, 0.6) is 0 Å². The van der Waals surface area contributed by atoms with Gasteiger partial charge in [-0.2, -0.15) is 0 Å². The van der Waals surface area contributed by atoms with E-state index in [0.717, 1.165) is 5.56 Å². The highest BCUT2D eigenvalue weighted by Gasteiger charge is 2.50. The van der Waals surface area contributed by atoms with Crippen molar-refractivity contribution in [2.45, 2.75) is 43.3 Å². The molecule has 1 aliphatic rings. The van der Waals surface area contributed by atoms with Gasteiger partial charge in [-0.05, 0) is 60.2 Å². The largest absolute Gasteiger partial charge is 0.453 e. The second-order valence-electron chi connectivity index (χ2n) is 10.4. The Morgan fingerprint density at radius 1 is 1.00 bits per heavy atom. The van der Waals surface area contributed by atoms with Crippen molar-refractivity contribution in [3.05, 3.63) is 120 Å². The summed E-state index contributed by atoms with van der Waals surface area (Å²) in [6, 6.07) is 18.8. The number of halogens is 2. The SMILES string of the molecule is C=CC[C@@H](CCCN1C(=O)C(c2ccc(F)cc2)(c2ccc(F)cc2)N=C1N)NC(=O)[C@H](Cc1ccccc1)NC(=O)OC. The molecule has 11 heteroatoms. The molecule has 1 heterocycles. The summed E-state index contributed by atoms with van der Waals surface area (Å²) in [6.07, 6.45) is 2.52. The fourth-order valence-corrected chi connectivity index (χ4v) is 5.23. The number of hydrogen-bond acceptors (Lipinski definition) is 6. The Bertz CT molecular complexity index is 1450. The lowest BCUT2D eigenvalue weighted by molar-refractivity contribution is -0.130. The van der Waals surface area contributed by atoms with Crippen molar-refractivity contribution in [3.8, 4) is 0 Å². The monoisotopic (exact) mass is 603 g/mol. The number of carbonyl (C=O) groups excluding carboxylic acids is 3. The molecule has 0 radical (unpaired) electrons. The van der Waals surface area contributed by atoms with Crippen LogP contribution < -0.4 is 16.4 Å². The summed E-state index contributed by atoms with van der Waals surface area (Å²) in [4.78, 5) is 45.1. The summed E-state index contributed by atoms with van der Waals surface area (Å²) in [5, 5.41) is 5.57. The summed E-state index contributed by atoms with van der Waals surface area (Å²) in [5.41, 5.74) is 6.31. The minimum atomic E-state index is -1.61. The average molecular weight is 604 g/mol. The van der Waals surface area contributed by atoms with Crippen LogP contribution in [0.4, 0.5) is 13.6 Å². The number of guanidine groups is 1. The molecule has 0 saturated heterocycles. The Hall–Kier alpha value is -5.06. The lowest BCUT2D eigenvalue weighted by Crippen LogP contribution is -2.50. The Morgan fingerprint density at radius 2 is 1.59 bits per heavy atom. The fourth-order valence-electron chi connectivity index (χ4n) is 5.23. The van der Waals surface area contributed by atoms with Crippen molar-refractivity contribution in [3.63, 3.8) is 0 Å². The van der Waals surface area contributed by atoms with Gasteiger partial charge in [0.2, 0.25) is 5.91 Å². The fraction of sp³-hybridized carbons (Fsp3) is 0.273. The summed E-state index contributed by atoms with van der Waals surface area (Å²) in [7, 11) is 1.23. The molecule has 44 heavy (non-hydrogen) atoms. The van der Waals surface area contributed by atoms with E-state index in [1.54, 1.807) is 6.08 Å². The summed E-state index contributed by atoms with van der Waals surface area (Å²) in [6.45, 7) is 3.97. The number of hydrogen-bond donors (Lipinski definition) is 3. The highest BCUT2D eigenvalue weighted by molar-refractivity contribution is 6.09. The van der Waals surface area contributed by atoms with Gasteiger partial charge in [-0.15, -0.1) is 6.58 Å². The van der Waals surface area contributed by atoms with E-state index in [-0.39, 0.29) is 25.0 Å². The number of nitrogens with one attached hydrogen (secondary N) is 2. The number of nitrogens with two attached hydrogens (primary N) is 1. The van der Waals surface area contributed by atoms with Crippen LogP contribution in [0.3, 0.4) is 0 Å². The molecular formula is C33H35F2N5O4. The van der Waals surface area contributed by atoms with Gasteiger partial charge in [0.1, 0.15) is 17.7 Å². The van der Waals surface area contributed by atoms with Crippen molar-refractivity contribution in [1.29, 1.82) is 0 Å². The van der Waals surface area contributed by atoms with Gasteiger partial charge >= 0.3 is 6.09 Å². The molecule has 4 N–H and O–H groups in total. The average Bonchev–Trinajstić information content (AvgIpc) is 3.27. The molecule has 0 aliphatic carbocycles. The second kappa shape index (κ2) is 14.4. The quantitative estimate of drug-likeness (QED) is 0.253. The van der Waals surface area contributed by atoms with Crippen LogP contribution in [-0.2, 0) is 26.3 Å². The molecule has 3 amide bonds. The van der Waals surface area contributed by atoms with Gasteiger partial charge in [-0.1, -0.05) is 60.7 Å². The maximum atomic E-state index is 14.0. The van der Waals surface area contributed by atoms with Crippen molar-refractivity contribution in [2.24, 2.45) is 10.7 Å². The molecule has 3 aromatic carbocycles. The van der Waals surface area contributed by atoms with Gasteiger partial charge in [0.25, 0.3) is 5.91 Å². The number of rotatable bonds is 13. The van der Waals surface area contributed by atoms with E-state index in [0.29, 0.717) is 30.4 Å². The second-order valence-corrected chi connectivity index (χ2v) is 10.4. The molecule has 0 saturated carbocycles. The first-order valence-corrected chi connectivity index (χ1v) is 14.2. The zero-order chi connectivity index (χ0) is 31.7. The number of aliphatic imine (C=N–C) groups is 1. The maximum Gasteiger partial charge on any atom is 0.407 e. The van der Waals surface area contributed by atoms with Crippen LogP contribution in [0.1, 0.15) is 36.0 Å². The molecule has 2 atom stereocenters. The normalized spacial score (nSPS) is 15.2. The molecule has 0 aromatic heterocycles. The Labute approximate surface area is 254 Å². The number of benzene rings is 3. The van der Waals surface area contributed by atoms with E-state index in [1.165, 1.54) is 60.5 Å². The van der Waals surface area contributed by atoms with Gasteiger partial charge in [0, 0.05) is 19.0 Å². The van der Waals surface area contributed by atoms with Crippen LogP contribution in [-0.4, -0.2) is 54.5 Å². The summed E-state index contributed by atoms with van der Waals surface area (Å²) in [5.74, 6) is -1.84. The van der Waals surface area contributed by atoms with E-state index >= 15 is 0 Å². The van der Waals surface area contributed by atoms with E-state index < -0.39 is 41.1 Å². The van der Waals surface area contributed by atoms with Crippen molar-refractivity contribution in [2.75, 3.05) is 13.7 Å². The first-order valence-electron chi connectivity index (χ1n) is 14.2. The smallest absolute Gasteiger partial charge is 0.407 e. The molecule has 0 bridgehead atoms. The van der Waals surface area contributed by atoms with Crippen LogP contribution in [0.15, 0.2) is 96.5 Å². The number of carbonyl (C=O) groups is 3. The summed E-state index contributed by atoms with van der Waals surface area (Å²) >= 11 is 0. The van der Waals surface area contributed by atoms with E-state index in [2.05, 4.69) is 22.2 Å². The third-order valence-corrected chi connectivity index (χ3v) is 7.45. The highest BCUT2D eigenvalue weighted by Crippen LogP contribution is 2.40. The Balaban J connectivity index is 1.47. The molecule has 3 aromatic rings. The number of amides is 3. The van der Waals surface area contributed by atoms with Gasteiger partial charge in [-0.25, -0.2) is 18.6 Å². The van der Waals surface area contributed by atoms with Gasteiger partial charge in [0.05, 0.1) is 7.11 Å². The first kappa shape index (κ1) is 31.9. The van der Waals surface area contributed by atoms with Crippen LogP contribution in [0.2, 0.25) is 0 Å². The van der Waals surface area contributed by atoms with E-state index in [1.807, 2.05) is 30.3 Å². The lowest BCUT2D eigenvalue weighted by atomic mass is 9.82. The lowest BCUT2D eigenvalue weighted by Gasteiger charge is -2.27. The third kappa shape index (κ3) is 7.28. The number of nitrogens with zero attached hydrogens (tertiary/aromatic N) is 2. The first-order chi connectivity index (χ1) is 21.2. The minimum absolute atomic E-state index is 0.0295. The van der Waals surface area contributed by atoms with Crippen molar-refractivity contribution < 1.29 is 27.9 Å². The highest BCUT2D eigenvalue weighted by atomic mass is 19.1. The predicted octanol–water partition coefficient (Wildman–Crippen LogP) is 4.17. The van der Waals surface area contributed by atoms with Gasteiger partial charge in [-0.3, -0.25) is 14.5 Å². The third-order valence-electron chi connectivity index (χ3n) is 7.45. The van der Waals surface area contributed by atoms with Crippen molar-refractivity contribution >= 4 is 23.9 Å². The standard InChI is InChI=1S/C33H35F2N5O4/c1-3-8-27(37-29(41)28(38-32(43)44-2)21-22-9-5-4-6-10-22)11-7-20-40-30(42)33(39-31(40)36,23-12-16-25(34)17-13-23)24-14-18-26(35)19-15-24/h3-6,9-10,12-19,27-28H,1,7-8,11,20-21H2,2H3,(H2,36,39)(H,37,41)(H,38,43)/t27-,28-/m0/s1. The molecular weight excluding hydrogens is 568 g/mol. The van der Waals surface area contributed by atoms with E-state index in [4.69, 9.17) is 10.5 Å². The molecule has 230 valence electrons. The van der Waals surface area contributed by atoms with Gasteiger partial charge in [0.15, 0.2) is 11.5 Å². The molecule has 0 spiro atoms. The molecule has 9 nitrogen and oxygen atoms in total. The maximum absolute atomic E-state index is 14.0. The van der Waals surface area contributed by atoms with Gasteiger partial charge < -0.3 is 21.1 Å². The van der Waals surface area contributed by atoms with Crippen LogP contribution in [0, 0.1) is 11.6 Å². The zero-order valence-corrected chi connectivity index (χ0v) is 24.3. The number of ether oxygens (including phenoxy) is 1. The molecule has 1 aliphatic heterocycles. The van der Waals surface area contributed by atoms with Crippen molar-refractivity contribution in [1.82, 2.24) is 15.5 Å². The van der Waals surface area contributed by atoms with Crippen LogP contribution >= 0.6 is 0 Å². The van der Waals surface area contributed by atoms with E-state index in [9.17, 15) is 23.2 Å². The molecule has 0 unspecified atom stereocenters. The Kier molecular flexibility index (Phi) is 10.4. The predicted molar refractivity (Wildman–Crippen MR) is 162 cm³/mol. The number of alkyl carbamates (subject to hydrolysis) is 1. The topological polar surface area (TPSA) is 126 Å². The Morgan fingerprint density at radius 3 is 2.14 bits per heavy atom. The minimum Gasteiger partial charge on any atom is -0.453 e. The number of methoxy groups -OCH3 is 1. The zero-order valence-electron chi connectivity index (χ0n) is 24.3.